The number of carbonyl (C=O) groups is 2. The number of carboxylic acid groups (broad SMARTS) is 1. The minimum atomic E-state index is -1.02. The third kappa shape index (κ3) is 2.83. The molecule has 0 saturated heterocycles. The number of amides is 1. The van der Waals surface area contributed by atoms with Gasteiger partial charge in [-0.2, -0.15) is 0 Å². The molecule has 1 atom stereocenters. The number of fused-ring (bicyclic) bond motifs is 3. The van der Waals surface area contributed by atoms with Crippen molar-refractivity contribution in [1.82, 2.24) is 5.32 Å². The van der Waals surface area contributed by atoms with Gasteiger partial charge in [-0.25, -0.2) is 9.59 Å². The van der Waals surface area contributed by atoms with E-state index in [1.54, 1.807) is 0 Å². The van der Waals surface area contributed by atoms with E-state index in [0.717, 1.165) is 35.1 Å². The Morgan fingerprint density at radius 2 is 1.65 bits per heavy atom. The van der Waals surface area contributed by atoms with Crippen LogP contribution in [0, 0.1) is 5.41 Å². The molecular formula is C21H21NO4. The van der Waals surface area contributed by atoms with Gasteiger partial charge in [0, 0.05) is 5.92 Å². The summed E-state index contributed by atoms with van der Waals surface area (Å²) in [6, 6.07) is 15.3. The van der Waals surface area contributed by atoms with Crippen LogP contribution in [0.3, 0.4) is 0 Å². The number of carboxylic acids is 1. The minimum Gasteiger partial charge on any atom is -0.480 e. The molecule has 1 amide bonds. The van der Waals surface area contributed by atoms with E-state index in [1.807, 2.05) is 43.3 Å². The van der Waals surface area contributed by atoms with Gasteiger partial charge in [0.1, 0.15) is 12.6 Å². The van der Waals surface area contributed by atoms with Gasteiger partial charge in [-0.15, -0.1) is 0 Å². The van der Waals surface area contributed by atoms with Gasteiger partial charge in [0.15, 0.2) is 0 Å². The summed E-state index contributed by atoms with van der Waals surface area (Å²) < 4.78 is 5.43. The van der Waals surface area contributed by atoms with Crippen molar-refractivity contribution in [1.29, 1.82) is 0 Å². The van der Waals surface area contributed by atoms with Crippen molar-refractivity contribution in [2.75, 3.05) is 6.61 Å². The molecule has 4 rings (SSSR count). The first-order valence-corrected chi connectivity index (χ1v) is 8.84. The van der Waals surface area contributed by atoms with Crippen molar-refractivity contribution in [3.63, 3.8) is 0 Å². The summed E-state index contributed by atoms with van der Waals surface area (Å²) in [5.41, 5.74) is 4.21. The first-order chi connectivity index (χ1) is 12.5. The lowest BCUT2D eigenvalue weighted by molar-refractivity contribution is -0.141. The predicted molar refractivity (Wildman–Crippen MR) is 97.0 cm³/mol. The van der Waals surface area contributed by atoms with E-state index in [9.17, 15) is 14.7 Å². The van der Waals surface area contributed by atoms with Crippen LogP contribution in [0.4, 0.5) is 4.79 Å². The largest absolute Gasteiger partial charge is 0.480 e. The monoisotopic (exact) mass is 351 g/mol. The van der Waals surface area contributed by atoms with Crippen molar-refractivity contribution in [3.8, 4) is 11.1 Å². The molecule has 0 aliphatic heterocycles. The Labute approximate surface area is 152 Å². The second kappa shape index (κ2) is 6.16. The van der Waals surface area contributed by atoms with E-state index >= 15 is 0 Å². The van der Waals surface area contributed by atoms with Gasteiger partial charge in [-0.05, 0) is 40.5 Å². The number of benzene rings is 2. The standard InChI is InChI=1S/C21H21NO4/c1-21(10-11-21)18(19(23)24)22-20(25)26-12-17-15-8-4-2-6-13(15)14-7-3-5-9-16(14)17/h2-9,17-18H,10-12H2,1H3,(H,22,25)(H,23,24). The number of nitrogens with one attached hydrogen (secondary N) is 1. The molecule has 5 nitrogen and oxygen atoms in total. The fourth-order valence-corrected chi connectivity index (χ4v) is 3.78. The average Bonchev–Trinajstić information content (AvgIpc) is 3.30. The van der Waals surface area contributed by atoms with Crippen LogP contribution in [0.15, 0.2) is 48.5 Å². The summed E-state index contributed by atoms with van der Waals surface area (Å²) >= 11 is 0. The highest BCUT2D eigenvalue weighted by Crippen LogP contribution is 2.48. The molecule has 1 saturated carbocycles. The van der Waals surface area contributed by atoms with Crippen LogP contribution in [0.1, 0.15) is 36.8 Å². The maximum Gasteiger partial charge on any atom is 0.407 e. The summed E-state index contributed by atoms with van der Waals surface area (Å²) in [7, 11) is 0. The smallest absolute Gasteiger partial charge is 0.407 e. The van der Waals surface area contributed by atoms with Crippen LogP contribution < -0.4 is 5.32 Å². The van der Waals surface area contributed by atoms with Crippen molar-refractivity contribution in [2.24, 2.45) is 5.41 Å². The van der Waals surface area contributed by atoms with Crippen LogP contribution >= 0.6 is 0 Å². The van der Waals surface area contributed by atoms with Crippen LogP contribution in [-0.2, 0) is 9.53 Å². The lowest BCUT2D eigenvalue weighted by atomic mass is 9.98. The van der Waals surface area contributed by atoms with Crippen molar-refractivity contribution in [2.45, 2.75) is 31.7 Å². The van der Waals surface area contributed by atoms with Gasteiger partial charge in [-0.3, -0.25) is 0 Å². The molecule has 2 aromatic carbocycles. The molecule has 26 heavy (non-hydrogen) atoms. The molecule has 1 fully saturated rings. The van der Waals surface area contributed by atoms with Crippen LogP contribution in [-0.4, -0.2) is 29.8 Å². The zero-order valence-corrected chi connectivity index (χ0v) is 14.6. The van der Waals surface area contributed by atoms with Crippen LogP contribution in [0.2, 0.25) is 0 Å². The Morgan fingerprint density at radius 3 is 2.15 bits per heavy atom. The highest BCUT2D eigenvalue weighted by Gasteiger charge is 2.49. The third-order valence-corrected chi connectivity index (χ3v) is 5.59. The number of rotatable bonds is 5. The van der Waals surface area contributed by atoms with Gasteiger partial charge in [0.2, 0.25) is 0 Å². The maximum atomic E-state index is 12.2. The molecule has 2 N–H and O–H groups in total. The molecule has 2 aromatic rings. The number of alkyl carbamates (subject to hydrolysis) is 1. The Balaban J connectivity index is 1.48. The summed E-state index contributed by atoms with van der Waals surface area (Å²) in [5, 5.41) is 11.9. The lowest BCUT2D eigenvalue weighted by Gasteiger charge is -2.21. The Kier molecular flexibility index (Phi) is 3.94. The SMILES string of the molecule is CC1(C(NC(=O)OCC2c3ccccc3-c3ccccc32)C(=O)O)CC1. The predicted octanol–water partition coefficient (Wildman–Crippen LogP) is 3.78. The van der Waals surface area contributed by atoms with Gasteiger partial charge in [0.25, 0.3) is 0 Å². The number of aliphatic carboxylic acids is 1. The Bertz CT molecular complexity index is 826. The molecule has 5 heteroatoms. The van der Waals surface area contributed by atoms with Crippen molar-refractivity contribution < 1.29 is 19.4 Å². The topological polar surface area (TPSA) is 75.6 Å². The van der Waals surface area contributed by atoms with E-state index in [1.165, 1.54) is 0 Å². The molecule has 134 valence electrons. The number of hydrogen-bond donors (Lipinski definition) is 2. The maximum absolute atomic E-state index is 12.2. The first kappa shape index (κ1) is 16.6. The summed E-state index contributed by atoms with van der Waals surface area (Å²) in [6.07, 6.45) is 0.925. The van der Waals surface area contributed by atoms with Crippen LogP contribution in [0.5, 0.6) is 0 Å². The van der Waals surface area contributed by atoms with Gasteiger partial charge in [-0.1, -0.05) is 55.5 Å². The van der Waals surface area contributed by atoms with E-state index in [-0.39, 0.29) is 17.9 Å². The number of hydrogen-bond acceptors (Lipinski definition) is 3. The van der Waals surface area contributed by atoms with Gasteiger partial charge < -0.3 is 15.2 Å². The zero-order chi connectivity index (χ0) is 18.3. The number of carbonyl (C=O) groups excluding carboxylic acids is 1. The lowest BCUT2D eigenvalue weighted by Crippen LogP contribution is -2.46. The second-order valence-electron chi connectivity index (χ2n) is 7.40. The van der Waals surface area contributed by atoms with E-state index in [2.05, 4.69) is 17.4 Å². The first-order valence-electron chi connectivity index (χ1n) is 8.84. The van der Waals surface area contributed by atoms with Crippen molar-refractivity contribution >= 4 is 12.1 Å². The molecule has 0 aromatic heterocycles. The molecular weight excluding hydrogens is 330 g/mol. The Hall–Kier alpha value is -2.82. The molecule has 1 unspecified atom stereocenters. The fraction of sp³-hybridized carbons (Fsp3) is 0.333. The summed E-state index contributed by atoms with van der Waals surface area (Å²) in [6.45, 7) is 2.05. The average molecular weight is 351 g/mol. The molecule has 0 radical (unpaired) electrons. The van der Waals surface area contributed by atoms with Gasteiger partial charge >= 0.3 is 12.1 Å². The quantitative estimate of drug-likeness (QED) is 0.860. The molecule has 2 aliphatic carbocycles. The van der Waals surface area contributed by atoms with Crippen molar-refractivity contribution in [3.05, 3.63) is 59.7 Å². The zero-order valence-electron chi connectivity index (χ0n) is 14.6. The van der Waals surface area contributed by atoms with E-state index in [0.29, 0.717) is 0 Å². The third-order valence-electron chi connectivity index (χ3n) is 5.59. The Morgan fingerprint density at radius 1 is 1.12 bits per heavy atom. The summed E-state index contributed by atoms with van der Waals surface area (Å²) in [4.78, 5) is 23.7. The van der Waals surface area contributed by atoms with E-state index < -0.39 is 18.1 Å². The van der Waals surface area contributed by atoms with Gasteiger partial charge in [0.05, 0.1) is 0 Å². The fourth-order valence-electron chi connectivity index (χ4n) is 3.78. The van der Waals surface area contributed by atoms with E-state index in [4.69, 9.17) is 4.74 Å². The molecule has 0 spiro atoms. The summed E-state index contributed by atoms with van der Waals surface area (Å²) in [5.74, 6) is -1.05. The normalized spacial score (nSPS) is 17.7. The highest BCUT2D eigenvalue weighted by atomic mass is 16.5. The second-order valence-corrected chi connectivity index (χ2v) is 7.40. The minimum absolute atomic E-state index is 0.0343. The molecule has 0 bridgehead atoms. The van der Waals surface area contributed by atoms with Crippen LogP contribution in [0.25, 0.3) is 11.1 Å². The highest BCUT2D eigenvalue weighted by molar-refractivity contribution is 5.82. The molecule has 0 heterocycles. The molecule has 2 aliphatic rings. The number of ether oxygens (including phenoxy) is 1.